The van der Waals surface area contributed by atoms with Crippen molar-refractivity contribution in [2.24, 2.45) is 0 Å². The zero-order valence-corrected chi connectivity index (χ0v) is 13.6. The average Bonchev–Trinajstić information content (AvgIpc) is 2.90. The molecule has 0 bridgehead atoms. The van der Waals surface area contributed by atoms with E-state index in [4.69, 9.17) is 11.6 Å². The highest BCUT2D eigenvalue weighted by molar-refractivity contribution is 6.30. The third-order valence-electron chi connectivity index (χ3n) is 4.09. The van der Waals surface area contributed by atoms with Crippen molar-refractivity contribution in [3.8, 4) is 5.69 Å². The first kappa shape index (κ1) is 14.8. The van der Waals surface area contributed by atoms with Crippen molar-refractivity contribution in [2.45, 2.75) is 6.54 Å². The molecule has 4 rings (SSSR count). The van der Waals surface area contributed by atoms with E-state index in [0.29, 0.717) is 11.6 Å². The Morgan fingerprint density at radius 3 is 2.21 bits per heavy atom. The molecule has 0 aliphatic heterocycles. The van der Waals surface area contributed by atoms with E-state index in [0.717, 1.165) is 22.2 Å². The average molecular weight is 335 g/mol. The molecule has 118 valence electrons. The highest BCUT2D eigenvalue weighted by Gasteiger charge is 2.14. The number of rotatable bonds is 3. The van der Waals surface area contributed by atoms with Crippen LogP contribution in [0.25, 0.3) is 16.6 Å². The van der Waals surface area contributed by atoms with E-state index in [2.05, 4.69) is 0 Å². The Labute approximate surface area is 144 Å². The summed E-state index contributed by atoms with van der Waals surface area (Å²) < 4.78 is 3.75. The lowest BCUT2D eigenvalue weighted by molar-refractivity contribution is 0.612. The zero-order valence-electron chi connectivity index (χ0n) is 12.9. The van der Waals surface area contributed by atoms with Gasteiger partial charge in [0.05, 0.1) is 23.1 Å². The van der Waals surface area contributed by atoms with Crippen LogP contribution in [0.3, 0.4) is 0 Å². The van der Waals surface area contributed by atoms with Gasteiger partial charge in [0.25, 0.3) is 5.56 Å². The van der Waals surface area contributed by atoms with Crippen LogP contribution >= 0.6 is 11.6 Å². The van der Waals surface area contributed by atoms with Crippen LogP contribution in [0.1, 0.15) is 5.56 Å². The summed E-state index contributed by atoms with van der Waals surface area (Å²) in [6.07, 6.45) is 0. The van der Waals surface area contributed by atoms with Gasteiger partial charge < -0.3 is 0 Å². The van der Waals surface area contributed by atoms with Crippen LogP contribution in [0.5, 0.6) is 0 Å². The van der Waals surface area contributed by atoms with Crippen LogP contribution in [-0.4, -0.2) is 9.36 Å². The van der Waals surface area contributed by atoms with Crippen molar-refractivity contribution >= 4 is 22.5 Å². The predicted molar refractivity (Wildman–Crippen MR) is 98.1 cm³/mol. The fourth-order valence-corrected chi connectivity index (χ4v) is 3.08. The molecule has 0 N–H and O–H groups in total. The van der Waals surface area contributed by atoms with Gasteiger partial charge in [0, 0.05) is 5.02 Å². The molecule has 3 nitrogen and oxygen atoms in total. The van der Waals surface area contributed by atoms with Crippen molar-refractivity contribution < 1.29 is 0 Å². The normalized spacial score (nSPS) is 11.0. The number of benzene rings is 3. The molecule has 1 heterocycles. The molecule has 0 unspecified atom stereocenters. The van der Waals surface area contributed by atoms with Gasteiger partial charge in [-0.2, -0.15) is 0 Å². The number of para-hydroxylation sites is 2. The first-order valence-electron chi connectivity index (χ1n) is 7.74. The molecule has 24 heavy (non-hydrogen) atoms. The minimum Gasteiger partial charge on any atom is -0.273 e. The summed E-state index contributed by atoms with van der Waals surface area (Å²) in [7, 11) is 0. The van der Waals surface area contributed by atoms with Crippen molar-refractivity contribution in [1.29, 1.82) is 0 Å². The molecule has 0 radical (unpaired) electrons. The standard InChI is InChI=1S/C20H15ClN2O/c21-16-12-10-15(11-13-16)14-22-19-9-5-4-8-18(19)20(24)23(22)17-6-2-1-3-7-17/h1-13H,14H2. The lowest BCUT2D eigenvalue weighted by Crippen LogP contribution is -2.21. The van der Waals surface area contributed by atoms with E-state index in [1.54, 1.807) is 4.68 Å². The number of hydrogen-bond acceptors (Lipinski definition) is 1. The fraction of sp³-hybridized carbons (Fsp3) is 0.0500. The topological polar surface area (TPSA) is 26.9 Å². The summed E-state index contributed by atoms with van der Waals surface area (Å²) in [5, 5.41) is 1.42. The quantitative estimate of drug-likeness (QED) is 0.542. The molecule has 1 aromatic heterocycles. The van der Waals surface area contributed by atoms with Gasteiger partial charge >= 0.3 is 0 Å². The Bertz CT molecular complexity index is 1050. The van der Waals surface area contributed by atoms with Crippen molar-refractivity contribution in [1.82, 2.24) is 9.36 Å². The van der Waals surface area contributed by atoms with Gasteiger partial charge in [-0.1, -0.05) is 54.1 Å². The number of aromatic nitrogens is 2. The number of hydrogen-bond donors (Lipinski definition) is 0. The van der Waals surface area contributed by atoms with Crippen LogP contribution in [0, 0.1) is 0 Å². The maximum Gasteiger partial charge on any atom is 0.279 e. The van der Waals surface area contributed by atoms with Crippen LogP contribution in [0.2, 0.25) is 5.02 Å². The molecular weight excluding hydrogens is 320 g/mol. The number of halogens is 1. The lowest BCUT2D eigenvalue weighted by Gasteiger charge is -2.13. The molecular formula is C20H15ClN2O. The molecule has 4 aromatic rings. The predicted octanol–water partition coefficient (Wildman–Crippen LogP) is 4.49. The minimum absolute atomic E-state index is 0.00855. The molecule has 0 fully saturated rings. The van der Waals surface area contributed by atoms with E-state index in [-0.39, 0.29) is 5.56 Å². The van der Waals surface area contributed by atoms with E-state index in [1.165, 1.54) is 0 Å². The Hall–Kier alpha value is -2.78. The molecule has 0 saturated heterocycles. The van der Waals surface area contributed by atoms with Gasteiger partial charge in [0.15, 0.2) is 0 Å². The van der Waals surface area contributed by atoms with Crippen molar-refractivity contribution in [3.05, 3.63) is 99.8 Å². The second-order valence-corrected chi connectivity index (χ2v) is 6.09. The fourth-order valence-electron chi connectivity index (χ4n) is 2.96. The summed E-state index contributed by atoms with van der Waals surface area (Å²) in [4.78, 5) is 12.9. The SMILES string of the molecule is O=c1c2ccccc2n(Cc2ccc(Cl)cc2)n1-c1ccccc1. The summed E-state index contributed by atoms with van der Waals surface area (Å²) in [5.74, 6) is 0. The summed E-state index contributed by atoms with van der Waals surface area (Å²) in [6, 6.07) is 25.1. The second-order valence-electron chi connectivity index (χ2n) is 5.65. The molecule has 0 spiro atoms. The summed E-state index contributed by atoms with van der Waals surface area (Å²) >= 11 is 5.98. The summed E-state index contributed by atoms with van der Waals surface area (Å²) in [6.45, 7) is 0.592. The first-order valence-corrected chi connectivity index (χ1v) is 8.12. The molecule has 0 amide bonds. The monoisotopic (exact) mass is 334 g/mol. The molecule has 3 aromatic carbocycles. The van der Waals surface area contributed by atoms with E-state index in [1.807, 2.05) is 83.5 Å². The summed E-state index contributed by atoms with van der Waals surface area (Å²) in [5.41, 5.74) is 2.85. The van der Waals surface area contributed by atoms with Gasteiger partial charge in [-0.05, 0) is 42.0 Å². The van der Waals surface area contributed by atoms with Crippen molar-refractivity contribution in [3.63, 3.8) is 0 Å². The third kappa shape index (κ3) is 2.53. The van der Waals surface area contributed by atoms with E-state index < -0.39 is 0 Å². The van der Waals surface area contributed by atoms with Crippen LogP contribution < -0.4 is 5.56 Å². The zero-order chi connectivity index (χ0) is 16.5. The maximum atomic E-state index is 12.9. The molecule has 4 heteroatoms. The van der Waals surface area contributed by atoms with Gasteiger partial charge in [0.1, 0.15) is 0 Å². The Kier molecular flexibility index (Phi) is 3.71. The largest absolute Gasteiger partial charge is 0.279 e. The minimum atomic E-state index is -0.00855. The molecule has 0 aliphatic carbocycles. The Morgan fingerprint density at radius 1 is 0.792 bits per heavy atom. The highest BCUT2D eigenvalue weighted by atomic mass is 35.5. The van der Waals surface area contributed by atoms with E-state index >= 15 is 0 Å². The molecule has 0 saturated carbocycles. The number of fused-ring (bicyclic) bond motifs is 1. The van der Waals surface area contributed by atoms with E-state index in [9.17, 15) is 4.79 Å². The van der Waals surface area contributed by atoms with Crippen LogP contribution in [-0.2, 0) is 6.54 Å². The van der Waals surface area contributed by atoms with Gasteiger partial charge in [-0.3, -0.25) is 9.48 Å². The Balaban J connectivity index is 1.95. The maximum absolute atomic E-state index is 12.9. The van der Waals surface area contributed by atoms with Gasteiger partial charge in [-0.15, -0.1) is 0 Å². The molecule has 0 atom stereocenters. The second kappa shape index (κ2) is 6.02. The molecule has 0 aliphatic rings. The first-order chi connectivity index (χ1) is 11.7. The number of nitrogens with zero attached hydrogens (tertiary/aromatic N) is 2. The lowest BCUT2D eigenvalue weighted by atomic mass is 10.2. The third-order valence-corrected chi connectivity index (χ3v) is 4.34. The highest BCUT2D eigenvalue weighted by Crippen LogP contribution is 2.18. The van der Waals surface area contributed by atoms with Crippen molar-refractivity contribution in [2.75, 3.05) is 0 Å². The van der Waals surface area contributed by atoms with Crippen LogP contribution in [0.4, 0.5) is 0 Å². The van der Waals surface area contributed by atoms with Crippen LogP contribution in [0.15, 0.2) is 83.7 Å². The smallest absolute Gasteiger partial charge is 0.273 e. The van der Waals surface area contributed by atoms with Gasteiger partial charge in [0.2, 0.25) is 0 Å². The van der Waals surface area contributed by atoms with Gasteiger partial charge in [-0.25, -0.2) is 4.68 Å². The Morgan fingerprint density at radius 2 is 1.46 bits per heavy atom.